The standard InChI is InChI=1S/C69H84N10O8/c1-11-16-20-22-24-26-34-76-66(84)56-60(74(9)68(76)86)70-58(72(56)7)46-36-48-52-44(62(80)78(64(48)82)38-40(6)28-18-13-3)32-30-42-51-47(59-71-61-57(73(59)8)67(85)77(69(87)75(61)10)35-27-25-23-21-17-12-2)37-49-53-45(33-31-43(55(51)53)50(46)54(42)52)63(81)79(65(49)83)39-41(15-5)29-19-14-4/h30-33,36-37,40-41H,11-29,34-35,38-39H2,1-10H3. The minimum atomic E-state index is -0.493. The Balaban J connectivity index is 1.24. The van der Waals surface area contributed by atoms with Gasteiger partial charge in [-0.2, -0.15) is 0 Å². The number of hydrogen-bond acceptors (Lipinski definition) is 10. The Morgan fingerprint density at radius 1 is 0.402 bits per heavy atom. The van der Waals surface area contributed by atoms with Crippen molar-refractivity contribution in [2.24, 2.45) is 40.0 Å². The zero-order chi connectivity index (χ0) is 61.9. The first-order valence-electron chi connectivity index (χ1n) is 32.3. The van der Waals surface area contributed by atoms with Gasteiger partial charge >= 0.3 is 11.4 Å². The van der Waals surface area contributed by atoms with Gasteiger partial charge < -0.3 is 9.13 Å². The summed E-state index contributed by atoms with van der Waals surface area (Å²) in [6, 6.07) is 10.8. The Morgan fingerprint density at radius 2 is 0.793 bits per heavy atom. The number of imidazole rings is 2. The van der Waals surface area contributed by atoms with Crippen molar-refractivity contribution in [3.8, 4) is 22.8 Å². The first-order valence-corrected chi connectivity index (χ1v) is 32.3. The highest BCUT2D eigenvalue weighted by Crippen LogP contribution is 2.52. The van der Waals surface area contributed by atoms with Crippen molar-refractivity contribution >= 4 is 89.0 Å². The van der Waals surface area contributed by atoms with Crippen molar-refractivity contribution in [3.05, 3.63) is 100 Å². The Morgan fingerprint density at radius 3 is 1.22 bits per heavy atom. The lowest BCUT2D eigenvalue weighted by atomic mass is 9.79. The second kappa shape index (κ2) is 24.6. The van der Waals surface area contributed by atoms with Crippen LogP contribution < -0.4 is 22.5 Å². The maximum absolute atomic E-state index is 15.6. The van der Waals surface area contributed by atoms with E-state index in [2.05, 4.69) is 34.6 Å². The Bertz CT molecular complexity index is 4510. The lowest BCUT2D eigenvalue weighted by molar-refractivity contribution is 0.0568. The van der Waals surface area contributed by atoms with Crippen LogP contribution in [0.3, 0.4) is 0 Å². The molecule has 0 spiro atoms. The van der Waals surface area contributed by atoms with E-state index >= 15 is 19.2 Å². The molecule has 4 amide bonds. The summed E-state index contributed by atoms with van der Waals surface area (Å²) in [6.07, 6.45) is 17.8. The number of benzene rings is 5. The molecule has 2 aliphatic rings. The average molecular weight is 1180 g/mol. The van der Waals surface area contributed by atoms with Crippen molar-refractivity contribution in [3.63, 3.8) is 0 Å². The molecule has 0 saturated heterocycles. The molecule has 87 heavy (non-hydrogen) atoms. The van der Waals surface area contributed by atoms with Crippen LogP contribution in [0.25, 0.3) is 88.2 Å². The number of aryl methyl sites for hydroxylation is 4. The molecule has 18 nitrogen and oxygen atoms in total. The predicted octanol–water partition coefficient (Wildman–Crippen LogP) is 12.5. The predicted molar refractivity (Wildman–Crippen MR) is 346 cm³/mol. The van der Waals surface area contributed by atoms with E-state index in [1.807, 2.05) is 19.1 Å². The molecule has 0 bridgehead atoms. The molecule has 458 valence electrons. The molecule has 0 fully saturated rings. The van der Waals surface area contributed by atoms with Gasteiger partial charge in [0.2, 0.25) is 0 Å². The molecule has 18 heteroatoms. The molecule has 2 atom stereocenters. The number of unbranched alkanes of at least 4 members (excludes halogenated alkanes) is 12. The zero-order valence-corrected chi connectivity index (χ0v) is 52.6. The number of aromatic nitrogens is 8. The molecule has 6 heterocycles. The number of rotatable bonds is 27. The minimum Gasteiger partial charge on any atom is -0.321 e. The molecular formula is C69H84N10O8. The maximum atomic E-state index is 15.6. The van der Waals surface area contributed by atoms with Crippen molar-refractivity contribution in [2.45, 2.75) is 177 Å². The van der Waals surface area contributed by atoms with Crippen molar-refractivity contribution in [2.75, 3.05) is 13.1 Å². The molecule has 0 N–H and O–H groups in total. The van der Waals surface area contributed by atoms with Crippen molar-refractivity contribution in [1.29, 1.82) is 0 Å². The van der Waals surface area contributed by atoms with E-state index in [4.69, 9.17) is 9.97 Å². The van der Waals surface area contributed by atoms with Crippen LogP contribution in [-0.2, 0) is 41.3 Å². The first-order chi connectivity index (χ1) is 41.9. The first kappa shape index (κ1) is 60.7. The van der Waals surface area contributed by atoms with Gasteiger partial charge in [0.05, 0.1) is 0 Å². The van der Waals surface area contributed by atoms with Gasteiger partial charge in [0.25, 0.3) is 34.7 Å². The third-order valence-electron chi connectivity index (χ3n) is 19.2. The summed E-state index contributed by atoms with van der Waals surface area (Å²) in [7, 11) is 6.69. The van der Waals surface area contributed by atoms with Crippen LogP contribution in [0.15, 0.2) is 55.6 Å². The summed E-state index contributed by atoms with van der Waals surface area (Å²) >= 11 is 0. The molecule has 2 aliphatic heterocycles. The second-order valence-corrected chi connectivity index (χ2v) is 25.1. The Labute approximate surface area is 506 Å². The fourth-order valence-corrected chi connectivity index (χ4v) is 14.2. The highest BCUT2D eigenvalue weighted by Gasteiger charge is 2.41. The van der Waals surface area contributed by atoms with Gasteiger partial charge in [-0.15, -0.1) is 0 Å². The van der Waals surface area contributed by atoms with Gasteiger partial charge in [0, 0.05) is 109 Å². The number of fused-ring (bicyclic) bond motifs is 4. The summed E-state index contributed by atoms with van der Waals surface area (Å²) in [4.78, 5) is 133. The van der Waals surface area contributed by atoms with Gasteiger partial charge in [0.15, 0.2) is 22.3 Å². The van der Waals surface area contributed by atoms with Crippen molar-refractivity contribution in [1.82, 2.24) is 47.2 Å². The topological polar surface area (TPSA) is 198 Å². The van der Waals surface area contributed by atoms with Crippen LogP contribution in [0.4, 0.5) is 0 Å². The number of carbonyl (C=O) groups is 4. The molecule has 0 radical (unpaired) electrons. The zero-order valence-electron chi connectivity index (χ0n) is 52.6. The molecule has 0 saturated carbocycles. The van der Waals surface area contributed by atoms with Crippen LogP contribution in [-0.4, -0.2) is 83.9 Å². The largest absolute Gasteiger partial charge is 0.332 e. The van der Waals surface area contributed by atoms with Gasteiger partial charge in [-0.05, 0) is 83.3 Å². The highest BCUT2D eigenvalue weighted by atomic mass is 16.2. The average Bonchev–Trinajstić information content (AvgIpc) is 1.21. The van der Waals surface area contributed by atoms with Gasteiger partial charge in [-0.3, -0.25) is 56.8 Å². The maximum Gasteiger partial charge on any atom is 0.332 e. The Hall–Kier alpha value is -8.02. The lowest BCUT2D eigenvalue weighted by Gasteiger charge is -2.33. The fraction of sp³-hybridized carbons (Fsp3) is 0.507. The van der Waals surface area contributed by atoms with E-state index in [0.29, 0.717) is 78.2 Å². The molecular weight excluding hydrogens is 1100 g/mol. The quantitative estimate of drug-likeness (QED) is 0.0207. The number of carbonyl (C=O) groups excluding carboxylic acids is 4. The third-order valence-corrected chi connectivity index (χ3v) is 19.2. The third kappa shape index (κ3) is 10.0. The van der Waals surface area contributed by atoms with Gasteiger partial charge in [-0.1, -0.05) is 150 Å². The fourth-order valence-electron chi connectivity index (χ4n) is 14.2. The number of nitrogens with zero attached hydrogens (tertiary/aromatic N) is 10. The minimum absolute atomic E-state index is 0.00146. The van der Waals surface area contributed by atoms with E-state index in [9.17, 15) is 19.2 Å². The summed E-state index contributed by atoms with van der Waals surface area (Å²) in [5.74, 6) is -1.22. The molecule has 9 aromatic rings. The summed E-state index contributed by atoms with van der Waals surface area (Å²) < 4.78 is 8.75. The molecule has 5 aromatic carbocycles. The molecule has 11 rings (SSSR count). The van der Waals surface area contributed by atoms with E-state index < -0.39 is 46.1 Å². The number of imide groups is 2. The molecule has 2 unspecified atom stereocenters. The van der Waals surface area contributed by atoms with Gasteiger partial charge in [0.1, 0.15) is 11.6 Å². The van der Waals surface area contributed by atoms with Crippen molar-refractivity contribution < 1.29 is 19.2 Å². The number of hydrogen-bond donors (Lipinski definition) is 0. The summed E-state index contributed by atoms with van der Waals surface area (Å²) in [6.45, 7) is 13.5. The normalized spacial score (nSPS) is 14.4. The van der Waals surface area contributed by atoms with Gasteiger partial charge in [-0.25, -0.2) is 19.6 Å². The molecule has 0 aliphatic carbocycles. The van der Waals surface area contributed by atoms with Crippen LogP contribution in [0, 0.1) is 11.8 Å². The highest BCUT2D eigenvalue weighted by molar-refractivity contribution is 6.44. The molecule has 4 aromatic heterocycles. The van der Waals surface area contributed by atoms with E-state index in [1.54, 1.807) is 61.6 Å². The lowest BCUT2D eigenvalue weighted by Crippen LogP contribution is -2.43. The van der Waals surface area contributed by atoms with E-state index in [1.165, 1.54) is 28.1 Å². The second-order valence-electron chi connectivity index (χ2n) is 25.1. The van der Waals surface area contributed by atoms with E-state index in [-0.39, 0.29) is 83.1 Å². The monoisotopic (exact) mass is 1180 g/mol. The van der Waals surface area contributed by atoms with Crippen LogP contribution >= 0.6 is 0 Å². The summed E-state index contributed by atoms with van der Waals surface area (Å²) in [5, 5.41) is 4.11. The smallest absolute Gasteiger partial charge is 0.321 e. The number of amides is 4. The van der Waals surface area contributed by atoms with E-state index in [0.717, 1.165) is 109 Å². The SMILES string of the molecule is CCCCCCCCn1c(=O)c2c(nc(-c3cc4c5c(ccc6c7c(-c8nc9c(c(=O)n(CCCCCCCC)c(=O)n9C)n8C)cc8c9c(ccc(c3c56)c97)C(=O)N(CC(CC)CCCC)C8=O)C(=O)N(CC(C)CCCC)C4=O)n2C)n(C)c1=O. The van der Waals surface area contributed by atoms with Crippen LogP contribution in [0.5, 0.6) is 0 Å². The summed E-state index contributed by atoms with van der Waals surface area (Å²) in [5.41, 5.74) is 0.747. The van der Waals surface area contributed by atoms with Crippen LogP contribution in [0.1, 0.15) is 205 Å². The van der Waals surface area contributed by atoms with Crippen LogP contribution in [0.2, 0.25) is 0 Å². The Kier molecular flexibility index (Phi) is 17.2.